The summed E-state index contributed by atoms with van der Waals surface area (Å²) in [7, 11) is 0. The van der Waals surface area contributed by atoms with Crippen LogP contribution in [0.5, 0.6) is 0 Å². The number of likely N-dealkylation sites (tertiary alicyclic amines) is 1. The van der Waals surface area contributed by atoms with Gasteiger partial charge < -0.3 is 5.11 Å². The lowest BCUT2D eigenvalue weighted by Crippen LogP contribution is -2.39. The zero-order chi connectivity index (χ0) is 18.7. The third-order valence-corrected chi connectivity index (χ3v) is 4.77. The Kier molecular flexibility index (Phi) is 5.27. The number of aliphatic carboxylic acids is 1. The summed E-state index contributed by atoms with van der Waals surface area (Å²) in [6.07, 6.45) is -0.195. The van der Waals surface area contributed by atoms with E-state index < -0.39 is 23.6 Å². The predicted molar refractivity (Wildman–Crippen MR) is 89.5 cm³/mol. The molecule has 0 bridgehead atoms. The second-order valence-electron chi connectivity index (χ2n) is 6.46. The molecule has 0 radical (unpaired) electrons. The second kappa shape index (κ2) is 7.45. The van der Waals surface area contributed by atoms with Crippen LogP contribution in [0.2, 0.25) is 0 Å². The molecule has 0 spiro atoms. The molecule has 7 heteroatoms. The number of piperidine rings is 1. The quantitative estimate of drug-likeness (QED) is 0.891. The molecule has 138 valence electrons. The summed E-state index contributed by atoms with van der Waals surface area (Å²) in [5, 5.41) is 9.17. The average Bonchev–Trinajstić information content (AvgIpc) is 2.63. The van der Waals surface area contributed by atoms with E-state index in [1.807, 2.05) is 11.0 Å². The molecule has 1 aromatic heterocycles. The summed E-state index contributed by atoms with van der Waals surface area (Å²) in [6.45, 7) is 1.01. The van der Waals surface area contributed by atoms with E-state index in [-0.39, 0.29) is 6.04 Å². The smallest absolute Gasteiger partial charge is 0.416 e. The van der Waals surface area contributed by atoms with E-state index in [0.717, 1.165) is 11.6 Å². The number of nitrogens with zero attached hydrogens (tertiary/aromatic N) is 2. The van der Waals surface area contributed by atoms with Crippen molar-refractivity contribution in [2.45, 2.75) is 25.1 Å². The van der Waals surface area contributed by atoms with Crippen molar-refractivity contribution < 1.29 is 23.1 Å². The van der Waals surface area contributed by atoms with Gasteiger partial charge in [-0.1, -0.05) is 18.2 Å². The highest BCUT2D eigenvalue weighted by Crippen LogP contribution is 2.36. The van der Waals surface area contributed by atoms with Crippen LogP contribution in [0.3, 0.4) is 0 Å². The van der Waals surface area contributed by atoms with E-state index in [4.69, 9.17) is 5.11 Å². The number of pyridine rings is 1. The Morgan fingerprint density at radius 2 is 1.85 bits per heavy atom. The molecule has 1 saturated heterocycles. The lowest BCUT2D eigenvalue weighted by Gasteiger charge is -2.37. The Bertz CT molecular complexity index is 757. The SMILES string of the molecule is O=C(O)C1CCN(C(c2cccnc2)c2cccc(C(F)(F)F)c2)CC1. The van der Waals surface area contributed by atoms with Gasteiger partial charge >= 0.3 is 12.1 Å². The molecule has 1 aromatic carbocycles. The van der Waals surface area contributed by atoms with Crippen molar-refractivity contribution in [2.24, 2.45) is 5.92 Å². The lowest BCUT2D eigenvalue weighted by molar-refractivity contribution is -0.143. The summed E-state index contributed by atoms with van der Waals surface area (Å²) >= 11 is 0. The summed E-state index contributed by atoms with van der Waals surface area (Å²) in [4.78, 5) is 17.3. The minimum absolute atomic E-state index is 0.388. The first-order valence-electron chi connectivity index (χ1n) is 8.40. The lowest BCUT2D eigenvalue weighted by atomic mass is 9.91. The summed E-state index contributed by atoms with van der Waals surface area (Å²) in [6, 6.07) is 8.50. The van der Waals surface area contributed by atoms with Crippen molar-refractivity contribution in [3.63, 3.8) is 0 Å². The number of rotatable bonds is 4. The van der Waals surface area contributed by atoms with E-state index in [1.165, 1.54) is 12.1 Å². The number of halogens is 3. The second-order valence-corrected chi connectivity index (χ2v) is 6.46. The molecule has 1 unspecified atom stereocenters. The van der Waals surface area contributed by atoms with Gasteiger partial charge in [0.2, 0.25) is 0 Å². The van der Waals surface area contributed by atoms with Crippen LogP contribution in [0.15, 0.2) is 48.8 Å². The first-order valence-corrected chi connectivity index (χ1v) is 8.40. The standard InChI is InChI=1S/C19H19F3N2O2/c20-19(21,22)16-5-1-3-14(11-16)17(15-4-2-8-23-12-15)24-9-6-13(7-10-24)18(25)26/h1-5,8,11-13,17H,6-7,9-10H2,(H,25,26). The average molecular weight is 364 g/mol. The highest BCUT2D eigenvalue weighted by atomic mass is 19.4. The van der Waals surface area contributed by atoms with Gasteiger partial charge in [0.1, 0.15) is 0 Å². The van der Waals surface area contributed by atoms with Gasteiger partial charge in [0.25, 0.3) is 0 Å². The number of alkyl halides is 3. The van der Waals surface area contributed by atoms with Crippen molar-refractivity contribution in [1.29, 1.82) is 0 Å². The fourth-order valence-corrected chi connectivity index (χ4v) is 3.44. The number of hydrogen-bond donors (Lipinski definition) is 1. The topological polar surface area (TPSA) is 53.4 Å². The van der Waals surface area contributed by atoms with Crippen LogP contribution >= 0.6 is 0 Å². The number of carboxylic acid groups (broad SMARTS) is 1. The third-order valence-electron chi connectivity index (χ3n) is 4.77. The molecule has 1 atom stereocenters. The van der Waals surface area contributed by atoms with Crippen molar-refractivity contribution in [2.75, 3.05) is 13.1 Å². The van der Waals surface area contributed by atoms with Crippen LogP contribution in [0.4, 0.5) is 13.2 Å². The first kappa shape index (κ1) is 18.4. The summed E-state index contributed by atoms with van der Waals surface area (Å²) in [5.74, 6) is -1.22. The summed E-state index contributed by atoms with van der Waals surface area (Å²) in [5.41, 5.74) is 0.631. The van der Waals surface area contributed by atoms with Crippen LogP contribution in [0.25, 0.3) is 0 Å². The number of carbonyl (C=O) groups is 1. The number of aromatic nitrogens is 1. The number of benzene rings is 1. The Balaban J connectivity index is 1.94. The van der Waals surface area contributed by atoms with Gasteiger partial charge in [-0.3, -0.25) is 14.7 Å². The highest BCUT2D eigenvalue weighted by molar-refractivity contribution is 5.70. The van der Waals surface area contributed by atoms with Crippen LogP contribution in [-0.2, 0) is 11.0 Å². The summed E-state index contributed by atoms with van der Waals surface area (Å²) < 4.78 is 39.4. The molecule has 1 N–H and O–H groups in total. The van der Waals surface area contributed by atoms with Crippen LogP contribution < -0.4 is 0 Å². The van der Waals surface area contributed by atoms with Crippen LogP contribution in [0.1, 0.15) is 35.6 Å². The van der Waals surface area contributed by atoms with Crippen LogP contribution in [-0.4, -0.2) is 34.0 Å². The molecule has 0 amide bonds. The normalized spacial score (nSPS) is 17.8. The van der Waals surface area contributed by atoms with Gasteiger partial charge in [-0.05, 0) is 55.3 Å². The first-order chi connectivity index (χ1) is 12.4. The van der Waals surface area contributed by atoms with Crippen LogP contribution in [0, 0.1) is 5.92 Å². The monoisotopic (exact) mass is 364 g/mol. The van der Waals surface area contributed by atoms with Gasteiger partial charge in [-0.2, -0.15) is 13.2 Å². The Hall–Kier alpha value is -2.41. The minimum Gasteiger partial charge on any atom is -0.481 e. The van der Waals surface area contributed by atoms with E-state index in [1.54, 1.807) is 24.5 Å². The molecule has 4 nitrogen and oxygen atoms in total. The third kappa shape index (κ3) is 4.04. The highest BCUT2D eigenvalue weighted by Gasteiger charge is 2.33. The predicted octanol–water partition coefficient (Wildman–Crippen LogP) is 3.99. The molecule has 2 heterocycles. The molecule has 26 heavy (non-hydrogen) atoms. The number of carboxylic acids is 1. The maximum absolute atomic E-state index is 13.1. The van der Waals surface area contributed by atoms with Gasteiger partial charge in [0, 0.05) is 12.4 Å². The molecular formula is C19H19F3N2O2. The molecule has 2 aromatic rings. The van der Waals surface area contributed by atoms with Crippen molar-refractivity contribution >= 4 is 5.97 Å². The minimum atomic E-state index is -4.41. The zero-order valence-electron chi connectivity index (χ0n) is 14.0. The fourth-order valence-electron chi connectivity index (χ4n) is 3.44. The molecule has 0 saturated carbocycles. The maximum Gasteiger partial charge on any atom is 0.416 e. The van der Waals surface area contributed by atoms with Gasteiger partial charge in [-0.25, -0.2) is 0 Å². The van der Waals surface area contributed by atoms with E-state index in [0.29, 0.717) is 31.5 Å². The van der Waals surface area contributed by atoms with Crippen molar-refractivity contribution in [3.8, 4) is 0 Å². The Morgan fingerprint density at radius 3 is 2.42 bits per heavy atom. The van der Waals surface area contributed by atoms with E-state index in [9.17, 15) is 18.0 Å². The van der Waals surface area contributed by atoms with E-state index >= 15 is 0 Å². The van der Waals surface area contributed by atoms with E-state index in [2.05, 4.69) is 4.98 Å². The molecule has 1 fully saturated rings. The zero-order valence-corrected chi connectivity index (χ0v) is 14.0. The molecule has 1 aliphatic rings. The molecule has 1 aliphatic heterocycles. The Morgan fingerprint density at radius 1 is 1.15 bits per heavy atom. The molecule has 3 rings (SSSR count). The van der Waals surface area contributed by atoms with Crippen molar-refractivity contribution in [3.05, 3.63) is 65.5 Å². The molecule has 0 aliphatic carbocycles. The number of hydrogen-bond acceptors (Lipinski definition) is 3. The van der Waals surface area contributed by atoms with Gasteiger partial charge in [0.05, 0.1) is 17.5 Å². The maximum atomic E-state index is 13.1. The molecular weight excluding hydrogens is 345 g/mol. The van der Waals surface area contributed by atoms with Gasteiger partial charge in [0.15, 0.2) is 0 Å². The van der Waals surface area contributed by atoms with Crippen molar-refractivity contribution in [1.82, 2.24) is 9.88 Å². The largest absolute Gasteiger partial charge is 0.481 e. The Labute approximate surface area is 149 Å². The fraction of sp³-hybridized carbons (Fsp3) is 0.368. The van der Waals surface area contributed by atoms with Gasteiger partial charge in [-0.15, -0.1) is 0 Å².